The largest absolute Gasteiger partial charge is 0.367 e. The molecule has 1 atom stereocenters. The first-order valence-corrected chi connectivity index (χ1v) is 8.31. The van der Waals surface area contributed by atoms with Gasteiger partial charge in [-0.2, -0.15) is 0 Å². The number of hydrogen-bond donors (Lipinski definition) is 1. The van der Waals surface area contributed by atoms with E-state index in [1.54, 1.807) is 0 Å². The van der Waals surface area contributed by atoms with Crippen LogP contribution >= 0.6 is 0 Å². The summed E-state index contributed by atoms with van der Waals surface area (Å²) in [5, 5.41) is 3.64. The summed E-state index contributed by atoms with van der Waals surface area (Å²) >= 11 is 0. The average Bonchev–Trinajstić information content (AvgIpc) is 2.56. The van der Waals surface area contributed by atoms with Crippen molar-refractivity contribution in [3.63, 3.8) is 0 Å². The van der Waals surface area contributed by atoms with Gasteiger partial charge in [0.05, 0.1) is 6.04 Å². The molecule has 0 bridgehead atoms. The van der Waals surface area contributed by atoms with E-state index >= 15 is 0 Å². The van der Waals surface area contributed by atoms with Crippen LogP contribution in [-0.4, -0.2) is 28.9 Å². The number of amides is 1. The third-order valence-electron chi connectivity index (χ3n) is 4.82. The van der Waals surface area contributed by atoms with E-state index in [1.807, 2.05) is 17.2 Å². The van der Waals surface area contributed by atoms with Crippen molar-refractivity contribution in [2.24, 2.45) is 0 Å². The first-order valence-electron chi connectivity index (χ1n) is 8.31. The summed E-state index contributed by atoms with van der Waals surface area (Å²) in [5.41, 5.74) is 1.19. The second kappa shape index (κ2) is 6.92. The number of anilines is 1. The fourth-order valence-corrected chi connectivity index (χ4v) is 3.66. The van der Waals surface area contributed by atoms with Crippen molar-refractivity contribution in [2.75, 3.05) is 11.9 Å². The SMILES string of the molecule is O=CN1CCCC[C@@H]1c1cccnc1NC1CCCCC1. The molecule has 1 aliphatic heterocycles. The van der Waals surface area contributed by atoms with Crippen molar-refractivity contribution in [3.05, 3.63) is 23.9 Å². The van der Waals surface area contributed by atoms with Gasteiger partial charge in [0.25, 0.3) is 0 Å². The number of nitrogens with one attached hydrogen (secondary N) is 1. The molecular weight excluding hydrogens is 262 g/mol. The molecule has 1 aromatic rings. The predicted octanol–water partition coefficient (Wildman–Crippen LogP) is 3.51. The predicted molar refractivity (Wildman–Crippen MR) is 84.1 cm³/mol. The van der Waals surface area contributed by atoms with Crippen LogP contribution in [0.25, 0.3) is 0 Å². The van der Waals surface area contributed by atoms with Gasteiger partial charge in [0, 0.05) is 24.3 Å². The van der Waals surface area contributed by atoms with Crippen molar-refractivity contribution < 1.29 is 4.79 Å². The van der Waals surface area contributed by atoms with Gasteiger partial charge in [-0.3, -0.25) is 4.79 Å². The molecular formula is C17H25N3O. The van der Waals surface area contributed by atoms with Crippen LogP contribution in [-0.2, 0) is 4.79 Å². The third-order valence-corrected chi connectivity index (χ3v) is 4.82. The number of pyridine rings is 1. The van der Waals surface area contributed by atoms with Gasteiger partial charge in [-0.05, 0) is 38.2 Å². The Morgan fingerprint density at radius 3 is 2.76 bits per heavy atom. The molecule has 21 heavy (non-hydrogen) atoms. The molecule has 0 unspecified atom stereocenters. The minimum atomic E-state index is 0.191. The zero-order valence-electron chi connectivity index (χ0n) is 12.6. The zero-order valence-corrected chi connectivity index (χ0v) is 12.6. The van der Waals surface area contributed by atoms with E-state index in [2.05, 4.69) is 16.4 Å². The van der Waals surface area contributed by atoms with Gasteiger partial charge in [0.2, 0.25) is 6.41 Å². The van der Waals surface area contributed by atoms with Crippen molar-refractivity contribution in [1.82, 2.24) is 9.88 Å². The summed E-state index contributed by atoms with van der Waals surface area (Å²) in [6.45, 7) is 0.867. The Kier molecular flexibility index (Phi) is 4.73. The van der Waals surface area contributed by atoms with E-state index in [9.17, 15) is 4.79 Å². The molecule has 0 aromatic carbocycles. The second-order valence-corrected chi connectivity index (χ2v) is 6.28. The van der Waals surface area contributed by atoms with Crippen LogP contribution in [0.4, 0.5) is 5.82 Å². The molecule has 2 fully saturated rings. The second-order valence-electron chi connectivity index (χ2n) is 6.28. The van der Waals surface area contributed by atoms with Crippen LogP contribution in [0.2, 0.25) is 0 Å². The number of hydrogen-bond acceptors (Lipinski definition) is 3. The highest BCUT2D eigenvalue weighted by Crippen LogP contribution is 2.34. The van der Waals surface area contributed by atoms with Crippen molar-refractivity contribution in [2.45, 2.75) is 63.5 Å². The molecule has 4 heteroatoms. The summed E-state index contributed by atoms with van der Waals surface area (Å²) in [6.07, 6.45) is 12.6. The van der Waals surface area contributed by atoms with E-state index in [0.29, 0.717) is 6.04 Å². The third kappa shape index (κ3) is 3.36. The fraction of sp³-hybridized carbons (Fsp3) is 0.647. The van der Waals surface area contributed by atoms with E-state index in [-0.39, 0.29) is 6.04 Å². The lowest BCUT2D eigenvalue weighted by Crippen LogP contribution is -2.33. The van der Waals surface area contributed by atoms with Gasteiger partial charge in [-0.1, -0.05) is 25.3 Å². The van der Waals surface area contributed by atoms with Gasteiger partial charge in [0.1, 0.15) is 5.82 Å². The Morgan fingerprint density at radius 1 is 1.14 bits per heavy atom. The quantitative estimate of drug-likeness (QED) is 0.862. The Labute approximate surface area is 126 Å². The molecule has 0 spiro atoms. The van der Waals surface area contributed by atoms with Crippen molar-refractivity contribution >= 4 is 12.2 Å². The summed E-state index contributed by atoms with van der Waals surface area (Å²) in [5.74, 6) is 0.989. The molecule has 1 N–H and O–H groups in total. The number of piperidine rings is 1. The Bertz CT molecular complexity index is 471. The zero-order chi connectivity index (χ0) is 14.5. The van der Waals surface area contributed by atoms with E-state index in [4.69, 9.17) is 0 Å². The van der Waals surface area contributed by atoms with Gasteiger partial charge >= 0.3 is 0 Å². The summed E-state index contributed by atoms with van der Waals surface area (Å²) in [6, 6.07) is 4.85. The Balaban J connectivity index is 1.79. The standard InChI is InChI=1S/C17H25N3O/c21-13-20-12-5-4-10-16(20)15-9-6-11-18-17(15)19-14-7-2-1-3-8-14/h6,9,11,13-14,16H,1-5,7-8,10,12H2,(H,18,19)/t16-/m1/s1. The van der Waals surface area contributed by atoms with E-state index in [1.165, 1.54) is 44.1 Å². The minimum absolute atomic E-state index is 0.191. The molecule has 1 saturated heterocycles. The summed E-state index contributed by atoms with van der Waals surface area (Å²) in [4.78, 5) is 17.8. The lowest BCUT2D eigenvalue weighted by Gasteiger charge is -2.34. The lowest BCUT2D eigenvalue weighted by atomic mass is 9.93. The van der Waals surface area contributed by atoms with E-state index < -0.39 is 0 Å². The molecule has 4 nitrogen and oxygen atoms in total. The summed E-state index contributed by atoms with van der Waals surface area (Å²) in [7, 11) is 0. The van der Waals surface area contributed by atoms with Crippen molar-refractivity contribution in [3.8, 4) is 0 Å². The average molecular weight is 287 g/mol. The molecule has 3 rings (SSSR count). The minimum Gasteiger partial charge on any atom is -0.367 e. The highest BCUT2D eigenvalue weighted by atomic mass is 16.1. The number of aromatic nitrogens is 1. The smallest absolute Gasteiger partial charge is 0.210 e. The first-order chi connectivity index (χ1) is 10.4. The maximum absolute atomic E-state index is 11.3. The molecule has 114 valence electrons. The molecule has 1 amide bonds. The number of rotatable bonds is 4. The van der Waals surface area contributed by atoms with Gasteiger partial charge in [-0.25, -0.2) is 4.98 Å². The van der Waals surface area contributed by atoms with Crippen LogP contribution in [0, 0.1) is 0 Å². The fourth-order valence-electron chi connectivity index (χ4n) is 3.66. The molecule has 0 radical (unpaired) electrons. The number of likely N-dealkylation sites (tertiary alicyclic amines) is 1. The monoisotopic (exact) mass is 287 g/mol. The molecule has 1 aromatic heterocycles. The van der Waals surface area contributed by atoms with Crippen LogP contribution in [0.3, 0.4) is 0 Å². The molecule has 2 heterocycles. The normalized spacial score (nSPS) is 23.8. The van der Waals surface area contributed by atoms with Gasteiger partial charge in [0.15, 0.2) is 0 Å². The number of nitrogens with zero attached hydrogens (tertiary/aromatic N) is 2. The Hall–Kier alpha value is -1.58. The highest BCUT2D eigenvalue weighted by molar-refractivity contribution is 5.53. The maximum atomic E-state index is 11.3. The van der Waals surface area contributed by atoms with Crippen LogP contribution in [0.15, 0.2) is 18.3 Å². The summed E-state index contributed by atoms with van der Waals surface area (Å²) < 4.78 is 0. The first kappa shape index (κ1) is 14.4. The van der Waals surface area contributed by atoms with E-state index in [0.717, 1.165) is 31.6 Å². The molecule has 1 aliphatic carbocycles. The Morgan fingerprint density at radius 2 is 1.95 bits per heavy atom. The lowest BCUT2D eigenvalue weighted by molar-refractivity contribution is -0.121. The van der Waals surface area contributed by atoms with Crippen LogP contribution in [0.1, 0.15) is 63.0 Å². The highest BCUT2D eigenvalue weighted by Gasteiger charge is 2.26. The van der Waals surface area contributed by atoms with Crippen LogP contribution in [0.5, 0.6) is 0 Å². The van der Waals surface area contributed by atoms with Gasteiger partial charge in [-0.15, -0.1) is 0 Å². The van der Waals surface area contributed by atoms with Crippen molar-refractivity contribution in [1.29, 1.82) is 0 Å². The van der Waals surface area contributed by atoms with Crippen LogP contribution < -0.4 is 5.32 Å². The number of carbonyl (C=O) groups is 1. The van der Waals surface area contributed by atoms with Gasteiger partial charge < -0.3 is 10.2 Å². The number of carbonyl (C=O) groups excluding carboxylic acids is 1. The molecule has 1 saturated carbocycles. The maximum Gasteiger partial charge on any atom is 0.210 e. The topological polar surface area (TPSA) is 45.2 Å². The molecule has 2 aliphatic rings.